The molecular weight excluding hydrogens is 218 g/mol. The third-order valence-electron chi connectivity index (χ3n) is 2.90. The Morgan fingerprint density at radius 2 is 1.69 bits per heavy atom. The zero-order chi connectivity index (χ0) is 12.4. The average Bonchev–Trinajstić information content (AvgIpc) is 2.21. The average molecular weight is 247 g/mol. The maximum Gasteiger partial charge on any atom is 0.0246 e. The van der Waals surface area contributed by atoms with Crippen LogP contribution in [-0.2, 0) is 10.8 Å². The lowest BCUT2D eigenvalue weighted by molar-refractivity contribution is 0.424. The van der Waals surface area contributed by atoms with Gasteiger partial charge >= 0.3 is 0 Å². The largest absolute Gasteiger partial charge is 0.312 e. The van der Waals surface area contributed by atoms with Crippen molar-refractivity contribution in [3.63, 3.8) is 0 Å². The predicted molar refractivity (Wildman–Crippen MR) is 74.4 cm³/mol. The van der Waals surface area contributed by atoms with Gasteiger partial charge in [0.2, 0.25) is 0 Å². The van der Waals surface area contributed by atoms with E-state index in [4.69, 9.17) is 0 Å². The summed E-state index contributed by atoms with van der Waals surface area (Å²) in [6, 6.07) is 1.09. The van der Waals surface area contributed by atoms with Gasteiger partial charge in [-0.2, -0.15) is 0 Å². The molecule has 3 heteroatoms. The van der Waals surface area contributed by atoms with Gasteiger partial charge in [-0.1, -0.05) is 32.6 Å². The SMILES string of the molecule is CCCCCCC(C)NC(C)CCS(C)=O. The van der Waals surface area contributed by atoms with E-state index in [1.807, 2.05) is 0 Å². The van der Waals surface area contributed by atoms with Crippen LogP contribution in [0.2, 0.25) is 0 Å². The Morgan fingerprint density at radius 3 is 2.25 bits per heavy atom. The van der Waals surface area contributed by atoms with E-state index in [1.165, 1.54) is 32.1 Å². The van der Waals surface area contributed by atoms with Crippen LogP contribution < -0.4 is 5.32 Å². The van der Waals surface area contributed by atoms with Gasteiger partial charge in [0.25, 0.3) is 0 Å². The van der Waals surface area contributed by atoms with Gasteiger partial charge in [-0.05, 0) is 26.7 Å². The van der Waals surface area contributed by atoms with Gasteiger partial charge < -0.3 is 5.32 Å². The molecule has 0 bridgehead atoms. The molecule has 0 radical (unpaired) electrons. The van der Waals surface area contributed by atoms with E-state index in [0.29, 0.717) is 12.1 Å². The summed E-state index contributed by atoms with van der Waals surface area (Å²) in [5.74, 6) is 0.816. The van der Waals surface area contributed by atoms with Gasteiger partial charge in [0.05, 0.1) is 0 Å². The van der Waals surface area contributed by atoms with E-state index in [9.17, 15) is 4.21 Å². The monoisotopic (exact) mass is 247 g/mol. The molecule has 0 aromatic carbocycles. The van der Waals surface area contributed by atoms with Crippen LogP contribution in [0.3, 0.4) is 0 Å². The molecule has 0 aliphatic rings. The van der Waals surface area contributed by atoms with Crippen molar-refractivity contribution in [2.24, 2.45) is 0 Å². The summed E-state index contributed by atoms with van der Waals surface area (Å²) in [5, 5.41) is 3.58. The first-order chi connectivity index (χ1) is 7.56. The fourth-order valence-electron chi connectivity index (χ4n) is 1.87. The summed E-state index contributed by atoms with van der Waals surface area (Å²) in [4.78, 5) is 0. The molecule has 0 aliphatic carbocycles. The molecule has 2 nitrogen and oxygen atoms in total. The van der Waals surface area contributed by atoms with Crippen LogP contribution in [0, 0.1) is 0 Å². The highest BCUT2D eigenvalue weighted by molar-refractivity contribution is 7.84. The van der Waals surface area contributed by atoms with Crippen LogP contribution in [-0.4, -0.2) is 28.3 Å². The van der Waals surface area contributed by atoms with Crippen molar-refractivity contribution < 1.29 is 4.21 Å². The summed E-state index contributed by atoms with van der Waals surface area (Å²) >= 11 is 0. The zero-order valence-electron chi connectivity index (χ0n) is 11.4. The first kappa shape index (κ1) is 16.1. The molecule has 0 heterocycles. The van der Waals surface area contributed by atoms with Gasteiger partial charge in [-0.25, -0.2) is 0 Å². The van der Waals surface area contributed by atoms with Crippen LogP contribution in [0.15, 0.2) is 0 Å². The minimum Gasteiger partial charge on any atom is -0.312 e. The third kappa shape index (κ3) is 10.6. The first-order valence-electron chi connectivity index (χ1n) is 6.62. The van der Waals surface area contributed by atoms with Crippen LogP contribution in [0.25, 0.3) is 0 Å². The minimum atomic E-state index is -0.649. The Labute approximate surface area is 104 Å². The number of unbranched alkanes of at least 4 members (excludes halogenated alkanes) is 3. The van der Waals surface area contributed by atoms with E-state index in [-0.39, 0.29) is 0 Å². The van der Waals surface area contributed by atoms with E-state index < -0.39 is 10.8 Å². The van der Waals surface area contributed by atoms with Crippen molar-refractivity contribution in [3.05, 3.63) is 0 Å². The summed E-state index contributed by atoms with van der Waals surface area (Å²) in [7, 11) is -0.649. The second kappa shape index (κ2) is 10.3. The highest BCUT2D eigenvalue weighted by Crippen LogP contribution is 2.06. The number of nitrogens with one attached hydrogen (secondary N) is 1. The molecule has 0 saturated heterocycles. The Hall–Kier alpha value is 0.110. The third-order valence-corrected chi connectivity index (χ3v) is 3.71. The van der Waals surface area contributed by atoms with Gasteiger partial charge in [0, 0.05) is 34.9 Å². The van der Waals surface area contributed by atoms with Crippen LogP contribution >= 0.6 is 0 Å². The molecule has 1 N–H and O–H groups in total. The Balaban J connectivity index is 3.46. The number of hydrogen-bond donors (Lipinski definition) is 1. The fraction of sp³-hybridized carbons (Fsp3) is 1.00. The zero-order valence-corrected chi connectivity index (χ0v) is 12.2. The van der Waals surface area contributed by atoms with Crippen molar-refractivity contribution in [3.8, 4) is 0 Å². The summed E-state index contributed by atoms with van der Waals surface area (Å²) < 4.78 is 11.0. The van der Waals surface area contributed by atoms with Crippen molar-refractivity contribution >= 4 is 10.8 Å². The second-order valence-corrected chi connectivity index (χ2v) is 6.44. The number of hydrogen-bond acceptors (Lipinski definition) is 2. The van der Waals surface area contributed by atoms with Gasteiger partial charge in [-0.3, -0.25) is 4.21 Å². The molecule has 0 saturated carbocycles. The van der Waals surface area contributed by atoms with Crippen molar-refractivity contribution in [2.45, 2.75) is 71.4 Å². The van der Waals surface area contributed by atoms with Gasteiger partial charge in [0.15, 0.2) is 0 Å². The normalized spacial score (nSPS) is 17.0. The Kier molecular flexibility index (Phi) is 10.3. The lowest BCUT2D eigenvalue weighted by Gasteiger charge is -2.19. The molecule has 0 rings (SSSR count). The first-order valence-corrected chi connectivity index (χ1v) is 8.35. The fourth-order valence-corrected chi connectivity index (χ4v) is 2.56. The summed E-state index contributed by atoms with van der Waals surface area (Å²) in [5.41, 5.74) is 0. The summed E-state index contributed by atoms with van der Waals surface area (Å²) in [6.45, 7) is 6.69. The molecule has 0 aromatic rings. The van der Waals surface area contributed by atoms with Crippen molar-refractivity contribution in [2.75, 3.05) is 12.0 Å². The molecule has 3 atom stereocenters. The lowest BCUT2D eigenvalue weighted by Crippen LogP contribution is -2.35. The topological polar surface area (TPSA) is 29.1 Å². The van der Waals surface area contributed by atoms with Crippen molar-refractivity contribution in [1.82, 2.24) is 5.32 Å². The highest BCUT2D eigenvalue weighted by Gasteiger charge is 2.07. The molecule has 0 spiro atoms. The molecule has 0 amide bonds. The molecule has 3 unspecified atom stereocenters. The van der Waals surface area contributed by atoms with Crippen LogP contribution in [0.5, 0.6) is 0 Å². The Bertz CT molecular complexity index is 185. The van der Waals surface area contributed by atoms with Crippen LogP contribution in [0.4, 0.5) is 0 Å². The summed E-state index contributed by atoms with van der Waals surface area (Å²) in [6.07, 6.45) is 9.41. The molecule has 16 heavy (non-hydrogen) atoms. The van der Waals surface area contributed by atoms with E-state index in [1.54, 1.807) is 6.26 Å². The maximum absolute atomic E-state index is 11.0. The smallest absolute Gasteiger partial charge is 0.0246 e. The lowest BCUT2D eigenvalue weighted by atomic mass is 10.1. The van der Waals surface area contributed by atoms with Gasteiger partial charge in [-0.15, -0.1) is 0 Å². The van der Waals surface area contributed by atoms with Crippen LogP contribution in [0.1, 0.15) is 59.3 Å². The molecule has 0 aromatic heterocycles. The quantitative estimate of drug-likeness (QED) is 0.601. The molecule has 0 fully saturated rings. The minimum absolute atomic E-state index is 0.491. The molecule has 0 aliphatic heterocycles. The van der Waals surface area contributed by atoms with Gasteiger partial charge in [0.1, 0.15) is 0 Å². The van der Waals surface area contributed by atoms with E-state index >= 15 is 0 Å². The number of rotatable bonds is 10. The molecular formula is C13H29NOS. The second-order valence-electron chi connectivity index (χ2n) is 4.88. The predicted octanol–water partition coefficient (Wildman–Crippen LogP) is 3.09. The maximum atomic E-state index is 11.0. The standard InChI is InChI=1S/C13H29NOS/c1-5-6-7-8-9-12(2)14-13(3)10-11-16(4)15/h12-14H,5-11H2,1-4H3. The van der Waals surface area contributed by atoms with E-state index in [0.717, 1.165) is 12.2 Å². The molecule has 98 valence electrons. The van der Waals surface area contributed by atoms with Crippen molar-refractivity contribution in [1.29, 1.82) is 0 Å². The Morgan fingerprint density at radius 1 is 1.06 bits per heavy atom. The van der Waals surface area contributed by atoms with E-state index in [2.05, 4.69) is 26.1 Å². The highest BCUT2D eigenvalue weighted by atomic mass is 32.2.